The van der Waals surface area contributed by atoms with E-state index in [1.165, 1.54) is 17.4 Å². The summed E-state index contributed by atoms with van der Waals surface area (Å²) in [6.45, 7) is 8.50. The Morgan fingerprint density at radius 3 is 2.48 bits per heavy atom. The third-order valence-electron chi connectivity index (χ3n) is 8.63. The van der Waals surface area contributed by atoms with Gasteiger partial charge < -0.3 is 19.7 Å². The number of para-hydroxylation sites is 2. The molecule has 0 radical (unpaired) electrons. The number of rotatable bonds is 8. The Hall–Kier alpha value is -2.89. The van der Waals surface area contributed by atoms with E-state index < -0.39 is 6.43 Å². The number of fused-ring (bicyclic) bond motifs is 1. The van der Waals surface area contributed by atoms with E-state index in [2.05, 4.69) is 27.0 Å². The maximum atomic E-state index is 14.2. The van der Waals surface area contributed by atoms with Crippen LogP contribution in [0.25, 0.3) is 16.9 Å². The van der Waals surface area contributed by atoms with Gasteiger partial charge in [0.2, 0.25) is 5.95 Å². The van der Waals surface area contributed by atoms with Gasteiger partial charge in [0, 0.05) is 38.3 Å². The third-order valence-corrected chi connectivity index (χ3v) is 8.63. The number of ether oxygens (including phenoxy) is 2. The lowest BCUT2D eigenvalue weighted by Crippen LogP contribution is -2.45. The fraction of sp³-hybridized carbons (Fsp3) is 0.621. The molecule has 1 aromatic carbocycles. The molecule has 2 aromatic heterocycles. The van der Waals surface area contributed by atoms with Crippen LogP contribution < -0.4 is 10.2 Å². The fourth-order valence-electron chi connectivity index (χ4n) is 6.38. The summed E-state index contributed by atoms with van der Waals surface area (Å²) in [5.41, 5.74) is 1.12. The zero-order valence-electron chi connectivity index (χ0n) is 23.1. The molecule has 2 aliphatic heterocycles. The molecule has 1 saturated carbocycles. The molecule has 1 atom stereocenters. The summed E-state index contributed by atoms with van der Waals surface area (Å²) >= 11 is 0. The summed E-state index contributed by atoms with van der Waals surface area (Å²) in [5.74, 6) is 1.78. The van der Waals surface area contributed by atoms with Crippen LogP contribution in [0.4, 0.5) is 20.5 Å². The van der Waals surface area contributed by atoms with Crippen molar-refractivity contribution in [3.63, 3.8) is 0 Å². The molecule has 3 aromatic rings. The third kappa shape index (κ3) is 5.77. The highest BCUT2D eigenvalue weighted by atomic mass is 19.3. The number of hydrogen-bond donors (Lipinski definition) is 1. The van der Waals surface area contributed by atoms with Gasteiger partial charge in [-0.3, -0.25) is 9.47 Å². The van der Waals surface area contributed by atoms with Crippen LogP contribution in [0.5, 0.6) is 0 Å². The van der Waals surface area contributed by atoms with Crippen molar-refractivity contribution in [2.24, 2.45) is 5.92 Å². The molecule has 4 heterocycles. The summed E-state index contributed by atoms with van der Waals surface area (Å²) in [5, 5.41) is 3.49. The highest BCUT2D eigenvalue weighted by Gasteiger charge is 2.29. The molecule has 9 nitrogen and oxygen atoms in total. The van der Waals surface area contributed by atoms with Crippen molar-refractivity contribution in [3.05, 3.63) is 36.2 Å². The molecular weight excluding hydrogens is 516 g/mol. The Morgan fingerprint density at radius 2 is 1.70 bits per heavy atom. The van der Waals surface area contributed by atoms with Crippen LogP contribution in [0.15, 0.2) is 30.3 Å². The van der Waals surface area contributed by atoms with E-state index in [4.69, 9.17) is 19.4 Å². The average molecular weight is 556 g/mol. The minimum absolute atomic E-state index is 0.161. The molecule has 1 aliphatic carbocycles. The van der Waals surface area contributed by atoms with Crippen molar-refractivity contribution in [2.45, 2.75) is 57.5 Å². The number of nitrogens with one attached hydrogen (secondary N) is 1. The molecule has 216 valence electrons. The summed E-state index contributed by atoms with van der Waals surface area (Å²) < 4.78 is 41.1. The first-order valence-corrected chi connectivity index (χ1v) is 14.7. The Bertz CT molecular complexity index is 1270. The normalized spacial score (nSPS) is 24.6. The predicted molar refractivity (Wildman–Crippen MR) is 150 cm³/mol. The van der Waals surface area contributed by atoms with Crippen molar-refractivity contribution in [1.29, 1.82) is 0 Å². The minimum atomic E-state index is -2.74. The number of morpholine rings is 2. The number of halogens is 2. The van der Waals surface area contributed by atoms with Gasteiger partial charge in [-0.15, -0.1) is 0 Å². The maximum absolute atomic E-state index is 14.2. The lowest BCUT2D eigenvalue weighted by atomic mass is 9.85. The van der Waals surface area contributed by atoms with E-state index in [1.807, 2.05) is 12.1 Å². The second kappa shape index (κ2) is 12.3. The van der Waals surface area contributed by atoms with Gasteiger partial charge in [-0.2, -0.15) is 9.97 Å². The van der Waals surface area contributed by atoms with Crippen molar-refractivity contribution in [1.82, 2.24) is 24.4 Å². The van der Waals surface area contributed by atoms with E-state index in [-0.39, 0.29) is 11.9 Å². The maximum Gasteiger partial charge on any atom is 0.296 e. The van der Waals surface area contributed by atoms with Gasteiger partial charge >= 0.3 is 0 Å². The largest absolute Gasteiger partial charge is 0.379 e. The molecule has 0 bridgehead atoms. The van der Waals surface area contributed by atoms with Crippen LogP contribution in [0.3, 0.4) is 0 Å². The Kier molecular flexibility index (Phi) is 8.40. The van der Waals surface area contributed by atoms with Crippen molar-refractivity contribution in [2.75, 3.05) is 62.8 Å². The summed E-state index contributed by atoms with van der Waals surface area (Å²) in [4.78, 5) is 18.7. The van der Waals surface area contributed by atoms with Crippen LogP contribution in [0.2, 0.25) is 0 Å². The monoisotopic (exact) mass is 555 g/mol. The Morgan fingerprint density at radius 1 is 0.950 bits per heavy atom. The summed E-state index contributed by atoms with van der Waals surface area (Å²) in [7, 11) is 0. The molecule has 2 saturated heterocycles. The van der Waals surface area contributed by atoms with Crippen LogP contribution in [0, 0.1) is 5.92 Å². The number of imidazole rings is 1. The standard InChI is InChI=1S/C29H39F2N7O2/c1-2-21-19-40-16-13-37(21)25-17-26(38-24-6-4-3-5-23(24)33-28(38)27(30)31)35-29(34-25)32-18-20-7-9-22(10-8-20)36-11-14-39-15-12-36/h3-6,17,20-22,27H,2,7-16,18-19H2,1H3,(H,32,34,35)/t20?,21-,22?/m1/s1. The molecule has 40 heavy (non-hydrogen) atoms. The van der Waals surface area contributed by atoms with Gasteiger partial charge in [0.25, 0.3) is 6.43 Å². The molecule has 6 rings (SSSR count). The first-order valence-electron chi connectivity index (χ1n) is 14.7. The number of benzene rings is 1. The van der Waals surface area contributed by atoms with Crippen LogP contribution >= 0.6 is 0 Å². The van der Waals surface area contributed by atoms with E-state index in [0.29, 0.717) is 54.5 Å². The lowest BCUT2D eigenvalue weighted by molar-refractivity contribution is 0.00539. The van der Waals surface area contributed by atoms with Crippen LogP contribution in [-0.2, 0) is 9.47 Å². The van der Waals surface area contributed by atoms with E-state index in [0.717, 1.165) is 57.9 Å². The first-order chi connectivity index (χ1) is 19.6. The molecule has 3 fully saturated rings. The predicted octanol–water partition coefficient (Wildman–Crippen LogP) is 4.67. The lowest BCUT2D eigenvalue weighted by Gasteiger charge is -2.38. The molecule has 3 aliphatic rings. The quantitative estimate of drug-likeness (QED) is 0.430. The smallest absolute Gasteiger partial charge is 0.296 e. The second-order valence-electron chi connectivity index (χ2n) is 11.0. The highest BCUT2D eigenvalue weighted by molar-refractivity contribution is 5.78. The molecule has 0 spiro atoms. The van der Waals surface area contributed by atoms with Crippen LogP contribution in [0.1, 0.15) is 51.3 Å². The van der Waals surface area contributed by atoms with Gasteiger partial charge in [0.05, 0.1) is 43.5 Å². The Labute approximate surface area is 233 Å². The average Bonchev–Trinajstić information content (AvgIpc) is 3.41. The van der Waals surface area contributed by atoms with Gasteiger partial charge in [-0.1, -0.05) is 19.1 Å². The number of alkyl halides is 2. The number of hydrogen-bond acceptors (Lipinski definition) is 8. The van der Waals surface area contributed by atoms with Crippen molar-refractivity contribution < 1.29 is 18.3 Å². The van der Waals surface area contributed by atoms with Gasteiger partial charge in [-0.05, 0) is 50.2 Å². The highest BCUT2D eigenvalue weighted by Crippen LogP contribution is 2.31. The van der Waals surface area contributed by atoms with Crippen molar-refractivity contribution >= 4 is 22.8 Å². The molecule has 0 unspecified atom stereocenters. The van der Waals surface area contributed by atoms with Gasteiger partial charge in [0.1, 0.15) is 11.6 Å². The van der Waals surface area contributed by atoms with Gasteiger partial charge in [-0.25, -0.2) is 13.8 Å². The van der Waals surface area contributed by atoms with Crippen LogP contribution in [-0.4, -0.2) is 89.1 Å². The molecular formula is C29H39F2N7O2. The summed E-state index contributed by atoms with van der Waals surface area (Å²) in [6, 6.07) is 9.81. The van der Waals surface area contributed by atoms with E-state index in [1.54, 1.807) is 18.2 Å². The Balaban J connectivity index is 1.27. The minimum Gasteiger partial charge on any atom is -0.379 e. The fourth-order valence-corrected chi connectivity index (χ4v) is 6.38. The topological polar surface area (TPSA) is 80.6 Å². The molecule has 0 amide bonds. The van der Waals surface area contributed by atoms with Crippen molar-refractivity contribution in [3.8, 4) is 5.82 Å². The first kappa shape index (κ1) is 27.3. The zero-order chi connectivity index (χ0) is 27.5. The zero-order valence-corrected chi connectivity index (χ0v) is 23.1. The number of aromatic nitrogens is 4. The molecule has 11 heteroatoms. The number of anilines is 2. The van der Waals surface area contributed by atoms with Gasteiger partial charge in [0.15, 0.2) is 5.82 Å². The molecule has 1 N–H and O–H groups in total. The SMILES string of the molecule is CC[C@@H]1COCCN1c1cc(-n2c(C(F)F)nc3ccccc32)nc(NCC2CCC(N3CCOCC3)CC2)n1. The van der Waals surface area contributed by atoms with E-state index >= 15 is 0 Å². The summed E-state index contributed by atoms with van der Waals surface area (Å²) in [6.07, 6.45) is 2.81. The second-order valence-corrected chi connectivity index (χ2v) is 11.0. The van der Waals surface area contributed by atoms with E-state index in [9.17, 15) is 8.78 Å². The number of nitrogens with zero attached hydrogens (tertiary/aromatic N) is 6.